The third-order valence-electron chi connectivity index (χ3n) is 5.63. The Hall–Kier alpha value is -3.21. The number of carbonyl (C=O) groups is 1. The molecule has 1 saturated heterocycles. The van der Waals surface area contributed by atoms with Crippen LogP contribution in [-0.4, -0.2) is 29.0 Å². The van der Waals surface area contributed by atoms with E-state index in [4.69, 9.17) is 4.98 Å². The Morgan fingerprint density at radius 1 is 0.933 bits per heavy atom. The van der Waals surface area contributed by atoms with Gasteiger partial charge in [-0.15, -0.1) is 0 Å². The highest BCUT2D eigenvalue weighted by atomic mass is 16.1. The van der Waals surface area contributed by atoms with Crippen LogP contribution < -0.4 is 10.2 Å². The van der Waals surface area contributed by atoms with Crippen LogP contribution >= 0.6 is 0 Å². The fourth-order valence-corrected chi connectivity index (χ4v) is 4.03. The Morgan fingerprint density at radius 3 is 2.27 bits per heavy atom. The Morgan fingerprint density at radius 2 is 1.60 bits per heavy atom. The van der Waals surface area contributed by atoms with Gasteiger partial charge < -0.3 is 10.2 Å². The van der Waals surface area contributed by atoms with Crippen molar-refractivity contribution < 1.29 is 4.79 Å². The van der Waals surface area contributed by atoms with E-state index in [0.717, 1.165) is 60.0 Å². The second-order valence-corrected chi connectivity index (χ2v) is 8.23. The van der Waals surface area contributed by atoms with E-state index < -0.39 is 0 Å². The summed E-state index contributed by atoms with van der Waals surface area (Å²) < 4.78 is 0. The van der Waals surface area contributed by atoms with Crippen molar-refractivity contribution in [2.75, 3.05) is 23.3 Å². The summed E-state index contributed by atoms with van der Waals surface area (Å²) in [6, 6.07) is 16.4. The van der Waals surface area contributed by atoms with Gasteiger partial charge in [-0.25, -0.2) is 9.97 Å². The van der Waals surface area contributed by atoms with Gasteiger partial charge in [0.1, 0.15) is 5.82 Å². The molecular formula is C25H28N4O. The summed E-state index contributed by atoms with van der Waals surface area (Å²) in [6.45, 7) is 7.80. The normalized spacial score (nSPS) is 14.6. The van der Waals surface area contributed by atoms with Gasteiger partial charge in [0.15, 0.2) is 5.82 Å². The number of piperidine rings is 1. The molecule has 2 heterocycles. The van der Waals surface area contributed by atoms with Crippen LogP contribution in [0.25, 0.3) is 11.4 Å². The number of hydrogen-bond acceptors (Lipinski definition) is 4. The molecule has 1 aliphatic heterocycles. The number of aryl methyl sites for hydroxylation is 3. The average Bonchev–Trinajstić information content (AvgIpc) is 2.74. The molecule has 5 heteroatoms. The van der Waals surface area contributed by atoms with Crippen molar-refractivity contribution in [3.63, 3.8) is 0 Å². The van der Waals surface area contributed by atoms with Crippen LogP contribution in [0.1, 0.15) is 29.5 Å². The Balaban J connectivity index is 1.39. The molecule has 0 radical (unpaired) electrons. The number of amides is 1. The molecule has 30 heavy (non-hydrogen) atoms. The molecule has 154 valence electrons. The van der Waals surface area contributed by atoms with Crippen molar-refractivity contribution in [1.29, 1.82) is 0 Å². The first-order chi connectivity index (χ1) is 14.5. The molecule has 1 fully saturated rings. The van der Waals surface area contributed by atoms with Gasteiger partial charge >= 0.3 is 0 Å². The van der Waals surface area contributed by atoms with E-state index in [0.29, 0.717) is 0 Å². The zero-order valence-corrected chi connectivity index (χ0v) is 17.9. The predicted octanol–water partition coefficient (Wildman–Crippen LogP) is 4.92. The topological polar surface area (TPSA) is 58.1 Å². The van der Waals surface area contributed by atoms with Crippen LogP contribution in [0.3, 0.4) is 0 Å². The third-order valence-corrected chi connectivity index (χ3v) is 5.63. The number of aromatic nitrogens is 2. The lowest BCUT2D eigenvalue weighted by Gasteiger charge is -2.32. The zero-order chi connectivity index (χ0) is 21.1. The molecule has 0 unspecified atom stereocenters. The number of anilines is 2. The number of nitrogens with zero attached hydrogens (tertiary/aromatic N) is 3. The summed E-state index contributed by atoms with van der Waals surface area (Å²) in [7, 11) is 0. The molecule has 0 aliphatic carbocycles. The molecule has 0 spiro atoms. The maximum Gasteiger partial charge on any atom is 0.227 e. The SMILES string of the molecule is Cc1ccc(-c2nccc(N3CCC(C(=O)Nc4cc(C)cc(C)c4)CC3)n2)cc1. The summed E-state index contributed by atoms with van der Waals surface area (Å²) in [5.74, 6) is 1.80. The maximum atomic E-state index is 12.7. The van der Waals surface area contributed by atoms with E-state index in [1.54, 1.807) is 0 Å². The van der Waals surface area contributed by atoms with E-state index in [2.05, 4.69) is 52.5 Å². The first-order valence-corrected chi connectivity index (χ1v) is 10.5. The molecule has 1 N–H and O–H groups in total. The lowest BCUT2D eigenvalue weighted by molar-refractivity contribution is -0.120. The van der Waals surface area contributed by atoms with Crippen LogP contribution in [0.2, 0.25) is 0 Å². The van der Waals surface area contributed by atoms with Gasteiger partial charge in [0.05, 0.1) is 0 Å². The van der Waals surface area contributed by atoms with E-state index in [9.17, 15) is 4.79 Å². The minimum atomic E-state index is 0.0282. The zero-order valence-electron chi connectivity index (χ0n) is 17.9. The van der Waals surface area contributed by atoms with Crippen molar-refractivity contribution in [1.82, 2.24) is 9.97 Å². The highest BCUT2D eigenvalue weighted by Gasteiger charge is 2.26. The quantitative estimate of drug-likeness (QED) is 0.675. The average molecular weight is 401 g/mol. The lowest BCUT2D eigenvalue weighted by Crippen LogP contribution is -2.38. The fourth-order valence-electron chi connectivity index (χ4n) is 4.03. The van der Waals surface area contributed by atoms with Gasteiger partial charge in [-0.2, -0.15) is 0 Å². The summed E-state index contributed by atoms with van der Waals surface area (Å²) in [5.41, 5.74) is 5.45. The maximum absolute atomic E-state index is 12.7. The summed E-state index contributed by atoms with van der Waals surface area (Å²) in [4.78, 5) is 24.2. The summed E-state index contributed by atoms with van der Waals surface area (Å²) in [5, 5.41) is 3.10. The second-order valence-electron chi connectivity index (χ2n) is 8.23. The fraction of sp³-hybridized carbons (Fsp3) is 0.320. The Kier molecular flexibility index (Phi) is 5.79. The molecule has 2 aromatic carbocycles. The van der Waals surface area contributed by atoms with Gasteiger partial charge in [0.25, 0.3) is 0 Å². The standard InChI is InChI=1S/C25H28N4O/c1-17-4-6-20(7-5-17)24-26-11-8-23(28-24)29-12-9-21(10-13-29)25(30)27-22-15-18(2)14-19(3)16-22/h4-8,11,14-16,21H,9-10,12-13H2,1-3H3,(H,27,30). The summed E-state index contributed by atoms with van der Waals surface area (Å²) in [6.07, 6.45) is 3.46. The van der Waals surface area contributed by atoms with E-state index in [-0.39, 0.29) is 11.8 Å². The van der Waals surface area contributed by atoms with Gasteiger partial charge in [0, 0.05) is 36.5 Å². The first kappa shape index (κ1) is 20.1. The molecule has 1 aromatic heterocycles. The van der Waals surface area contributed by atoms with Crippen LogP contribution in [0, 0.1) is 26.7 Å². The number of benzene rings is 2. The molecule has 5 nitrogen and oxygen atoms in total. The molecule has 1 amide bonds. The Bertz CT molecular complexity index is 1020. The van der Waals surface area contributed by atoms with Crippen molar-refractivity contribution in [2.45, 2.75) is 33.6 Å². The number of hydrogen-bond donors (Lipinski definition) is 1. The molecule has 0 bridgehead atoms. The Labute approximate surface area is 178 Å². The van der Waals surface area contributed by atoms with E-state index >= 15 is 0 Å². The smallest absolute Gasteiger partial charge is 0.227 e. The number of rotatable bonds is 4. The van der Waals surface area contributed by atoms with Gasteiger partial charge in [-0.1, -0.05) is 35.9 Å². The van der Waals surface area contributed by atoms with Gasteiger partial charge in [-0.3, -0.25) is 4.79 Å². The third kappa shape index (κ3) is 4.67. The molecule has 1 aliphatic rings. The largest absolute Gasteiger partial charge is 0.356 e. The summed E-state index contributed by atoms with van der Waals surface area (Å²) >= 11 is 0. The second kappa shape index (κ2) is 8.66. The number of nitrogens with one attached hydrogen (secondary N) is 1. The minimum Gasteiger partial charge on any atom is -0.356 e. The van der Waals surface area contributed by atoms with Crippen molar-refractivity contribution in [3.8, 4) is 11.4 Å². The van der Waals surface area contributed by atoms with Gasteiger partial charge in [-0.05, 0) is 62.9 Å². The highest BCUT2D eigenvalue weighted by molar-refractivity contribution is 5.92. The monoisotopic (exact) mass is 400 g/mol. The predicted molar refractivity (Wildman–Crippen MR) is 122 cm³/mol. The molecule has 0 atom stereocenters. The highest BCUT2D eigenvalue weighted by Crippen LogP contribution is 2.25. The van der Waals surface area contributed by atoms with E-state index in [1.165, 1.54) is 5.56 Å². The van der Waals surface area contributed by atoms with Crippen LogP contribution in [0.5, 0.6) is 0 Å². The lowest BCUT2D eigenvalue weighted by atomic mass is 9.95. The van der Waals surface area contributed by atoms with Crippen molar-refractivity contribution in [3.05, 3.63) is 71.4 Å². The number of carbonyl (C=O) groups excluding carboxylic acids is 1. The van der Waals surface area contributed by atoms with Crippen molar-refractivity contribution >= 4 is 17.4 Å². The minimum absolute atomic E-state index is 0.0282. The molecule has 3 aromatic rings. The van der Waals surface area contributed by atoms with E-state index in [1.807, 2.05) is 38.2 Å². The van der Waals surface area contributed by atoms with Crippen LogP contribution in [0.4, 0.5) is 11.5 Å². The van der Waals surface area contributed by atoms with Crippen LogP contribution in [0.15, 0.2) is 54.7 Å². The first-order valence-electron chi connectivity index (χ1n) is 10.5. The van der Waals surface area contributed by atoms with Crippen LogP contribution in [-0.2, 0) is 4.79 Å². The molecule has 4 rings (SSSR count). The van der Waals surface area contributed by atoms with Crippen molar-refractivity contribution in [2.24, 2.45) is 5.92 Å². The molecular weight excluding hydrogens is 372 g/mol. The van der Waals surface area contributed by atoms with Gasteiger partial charge in [0.2, 0.25) is 5.91 Å². The molecule has 0 saturated carbocycles.